The molecule has 0 aliphatic carbocycles. The van der Waals surface area contributed by atoms with Gasteiger partial charge in [-0.3, -0.25) is 5.32 Å². The zero-order valence-corrected chi connectivity index (χ0v) is 8.19. The summed E-state index contributed by atoms with van der Waals surface area (Å²) in [4.78, 5) is 18.5. The molecule has 6 nitrogen and oxygen atoms in total. The molecule has 1 atom stereocenters. The molecule has 0 radical (unpaired) electrons. The molecule has 2 rings (SSSR count). The Morgan fingerprint density at radius 3 is 2.87 bits per heavy atom. The monoisotopic (exact) mass is 226 g/mol. The average Bonchev–Trinajstić information content (AvgIpc) is 2.16. The average molecular weight is 227 g/mol. The molecular weight excluding hydrogens is 220 g/mol. The van der Waals surface area contributed by atoms with Gasteiger partial charge in [0.1, 0.15) is 10.8 Å². The highest BCUT2D eigenvalue weighted by molar-refractivity contribution is 6.29. The fourth-order valence-corrected chi connectivity index (χ4v) is 1.28. The zero-order valence-electron chi connectivity index (χ0n) is 7.44. The van der Waals surface area contributed by atoms with Crippen LogP contribution in [0.4, 0.5) is 4.79 Å². The van der Waals surface area contributed by atoms with E-state index in [0.717, 1.165) is 0 Å². The quantitative estimate of drug-likeness (QED) is 0.592. The van der Waals surface area contributed by atoms with Crippen molar-refractivity contribution < 1.29 is 9.90 Å². The molecule has 1 aromatic rings. The van der Waals surface area contributed by atoms with Crippen molar-refractivity contribution >= 4 is 23.5 Å². The highest BCUT2D eigenvalue weighted by Crippen LogP contribution is 2.06. The molecule has 3 N–H and O–H groups in total. The van der Waals surface area contributed by atoms with Crippen LogP contribution in [0.1, 0.15) is 5.69 Å². The number of pyridine rings is 1. The topological polar surface area (TPSA) is 86.6 Å². The molecule has 0 fully saturated rings. The predicted octanol–water partition coefficient (Wildman–Crippen LogP) is 0.0703. The minimum Gasteiger partial charge on any atom is -0.356 e. The Bertz CT molecular complexity index is 434. The number of aliphatic hydroxyl groups is 1. The molecular formula is C8H7ClN4O2. The first-order chi connectivity index (χ1) is 7.15. The maximum atomic E-state index is 11.0. The summed E-state index contributed by atoms with van der Waals surface area (Å²) < 4.78 is 0. The van der Waals surface area contributed by atoms with Gasteiger partial charge in [0.2, 0.25) is 6.35 Å². The van der Waals surface area contributed by atoms with Crippen molar-refractivity contribution in [1.82, 2.24) is 15.6 Å². The first kappa shape index (κ1) is 9.88. The van der Waals surface area contributed by atoms with E-state index in [0.29, 0.717) is 5.69 Å². The van der Waals surface area contributed by atoms with Gasteiger partial charge in [-0.2, -0.15) is 4.99 Å². The van der Waals surface area contributed by atoms with Gasteiger partial charge in [-0.25, -0.2) is 9.78 Å². The molecule has 2 amide bonds. The number of hydrogen-bond donors (Lipinski definition) is 3. The maximum Gasteiger partial charge on any atom is 0.346 e. The number of aliphatic imine (C=N–C) groups is 1. The number of nitrogens with one attached hydrogen (secondary N) is 2. The van der Waals surface area contributed by atoms with Gasteiger partial charge in [-0.1, -0.05) is 17.7 Å². The second kappa shape index (κ2) is 3.84. The Balaban J connectivity index is 2.34. The molecule has 1 aromatic heterocycles. The summed E-state index contributed by atoms with van der Waals surface area (Å²) >= 11 is 5.68. The molecule has 0 saturated carbocycles. The van der Waals surface area contributed by atoms with Crippen LogP contribution >= 0.6 is 11.6 Å². The second-order valence-corrected chi connectivity index (χ2v) is 3.19. The van der Waals surface area contributed by atoms with Crippen LogP contribution in [0.5, 0.6) is 0 Å². The maximum absolute atomic E-state index is 11.0. The van der Waals surface area contributed by atoms with E-state index >= 15 is 0 Å². The standard InChI is InChI=1S/C8H7ClN4O2/c9-5-3-1-2-4(10-5)6-11-7(14)13-8(15)12-6/h1-3,7,14H,(H2,11,12,13,15). The predicted molar refractivity (Wildman–Crippen MR) is 53.5 cm³/mol. The van der Waals surface area contributed by atoms with Gasteiger partial charge in [0.05, 0.1) is 0 Å². The van der Waals surface area contributed by atoms with Crippen LogP contribution in [0.25, 0.3) is 0 Å². The largest absolute Gasteiger partial charge is 0.356 e. The number of halogens is 1. The molecule has 1 aliphatic rings. The fraction of sp³-hybridized carbons (Fsp3) is 0.125. The second-order valence-electron chi connectivity index (χ2n) is 2.80. The summed E-state index contributed by atoms with van der Waals surface area (Å²) in [6, 6.07) is 4.28. The number of hydrogen-bond acceptors (Lipinski definition) is 4. The van der Waals surface area contributed by atoms with Crippen LogP contribution < -0.4 is 10.6 Å². The van der Waals surface area contributed by atoms with Crippen molar-refractivity contribution in [3.63, 3.8) is 0 Å². The highest BCUT2D eigenvalue weighted by atomic mass is 35.5. The number of rotatable bonds is 1. The Hall–Kier alpha value is -1.66. The van der Waals surface area contributed by atoms with Crippen LogP contribution in [0.15, 0.2) is 23.2 Å². The SMILES string of the molecule is O=C1N=C(c2cccc(Cl)n2)NC(O)N1. The van der Waals surface area contributed by atoms with E-state index in [9.17, 15) is 9.90 Å². The molecule has 1 unspecified atom stereocenters. The molecule has 0 spiro atoms. The van der Waals surface area contributed by atoms with Crippen molar-refractivity contribution in [3.05, 3.63) is 29.0 Å². The Kier molecular flexibility index (Phi) is 2.53. The number of urea groups is 1. The number of nitrogens with zero attached hydrogens (tertiary/aromatic N) is 2. The molecule has 0 saturated heterocycles. The van der Waals surface area contributed by atoms with Gasteiger partial charge < -0.3 is 10.4 Å². The van der Waals surface area contributed by atoms with Crippen molar-refractivity contribution in [2.24, 2.45) is 4.99 Å². The lowest BCUT2D eigenvalue weighted by molar-refractivity contribution is 0.126. The van der Waals surface area contributed by atoms with Crippen LogP contribution in [0, 0.1) is 0 Å². The van der Waals surface area contributed by atoms with Crippen LogP contribution in [-0.4, -0.2) is 28.3 Å². The number of amides is 2. The molecule has 1 aliphatic heterocycles. The van der Waals surface area contributed by atoms with E-state index in [-0.39, 0.29) is 11.0 Å². The lowest BCUT2D eigenvalue weighted by atomic mass is 10.3. The third kappa shape index (κ3) is 2.23. The van der Waals surface area contributed by atoms with Crippen LogP contribution in [0.3, 0.4) is 0 Å². The summed E-state index contributed by atoms with van der Waals surface area (Å²) in [5.41, 5.74) is 0.399. The van der Waals surface area contributed by atoms with Crippen molar-refractivity contribution in [2.45, 2.75) is 6.35 Å². The van der Waals surface area contributed by atoms with Crippen LogP contribution in [-0.2, 0) is 0 Å². The Morgan fingerprint density at radius 2 is 2.20 bits per heavy atom. The summed E-state index contributed by atoms with van der Waals surface area (Å²) in [7, 11) is 0. The van der Waals surface area contributed by atoms with Gasteiger partial charge in [0, 0.05) is 0 Å². The summed E-state index contributed by atoms with van der Waals surface area (Å²) in [5, 5.41) is 14.2. The number of carbonyl (C=O) groups is 1. The summed E-state index contributed by atoms with van der Waals surface area (Å²) in [6.07, 6.45) is -1.16. The van der Waals surface area contributed by atoms with Gasteiger partial charge in [0.15, 0.2) is 5.84 Å². The lowest BCUT2D eigenvalue weighted by Gasteiger charge is -2.20. The third-order valence-electron chi connectivity index (χ3n) is 1.70. The number of aliphatic hydroxyl groups excluding tert-OH is 1. The van der Waals surface area contributed by atoms with Gasteiger partial charge in [-0.05, 0) is 12.1 Å². The Morgan fingerprint density at radius 1 is 1.40 bits per heavy atom. The lowest BCUT2D eigenvalue weighted by Crippen LogP contribution is -2.52. The van der Waals surface area contributed by atoms with Gasteiger partial charge >= 0.3 is 6.03 Å². The van der Waals surface area contributed by atoms with Crippen LogP contribution in [0.2, 0.25) is 5.15 Å². The van der Waals surface area contributed by atoms with Crippen molar-refractivity contribution in [1.29, 1.82) is 0 Å². The van der Waals surface area contributed by atoms with Crippen molar-refractivity contribution in [3.8, 4) is 0 Å². The zero-order chi connectivity index (χ0) is 10.8. The number of carbonyl (C=O) groups excluding carboxylic acids is 1. The Labute approximate surface area is 90.0 Å². The van der Waals surface area contributed by atoms with E-state index in [1.54, 1.807) is 18.2 Å². The molecule has 2 heterocycles. The first-order valence-electron chi connectivity index (χ1n) is 4.12. The molecule has 0 aromatic carbocycles. The number of aromatic nitrogens is 1. The summed E-state index contributed by atoms with van der Waals surface area (Å²) in [6.45, 7) is 0. The van der Waals surface area contributed by atoms with E-state index in [2.05, 4.69) is 20.6 Å². The van der Waals surface area contributed by atoms with Crippen molar-refractivity contribution in [2.75, 3.05) is 0 Å². The van der Waals surface area contributed by atoms with Gasteiger partial charge in [-0.15, -0.1) is 0 Å². The highest BCUT2D eigenvalue weighted by Gasteiger charge is 2.19. The minimum absolute atomic E-state index is 0.189. The molecule has 15 heavy (non-hydrogen) atoms. The van der Waals surface area contributed by atoms with E-state index < -0.39 is 12.4 Å². The third-order valence-corrected chi connectivity index (χ3v) is 1.92. The van der Waals surface area contributed by atoms with E-state index in [1.165, 1.54) is 0 Å². The molecule has 7 heteroatoms. The molecule has 0 bridgehead atoms. The number of amidine groups is 1. The normalized spacial score (nSPS) is 20.3. The first-order valence-corrected chi connectivity index (χ1v) is 4.50. The fourth-order valence-electron chi connectivity index (χ4n) is 1.12. The smallest absolute Gasteiger partial charge is 0.346 e. The minimum atomic E-state index is -1.16. The molecule has 78 valence electrons. The van der Waals surface area contributed by atoms with Gasteiger partial charge in [0.25, 0.3) is 0 Å². The van der Waals surface area contributed by atoms with E-state index in [4.69, 9.17) is 11.6 Å². The van der Waals surface area contributed by atoms with E-state index in [1.807, 2.05) is 0 Å². The summed E-state index contributed by atoms with van der Waals surface area (Å²) in [5.74, 6) is 0.189.